The van der Waals surface area contributed by atoms with Crippen molar-refractivity contribution in [1.82, 2.24) is 0 Å². The van der Waals surface area contributed by atoms with Gasteiger partial charge in [0.1, 0.15) is 5.82 Å². The van der Waals surface area contributed by atoms with E-state index >= 15 is 0 Å². The van der Waals surface area contributed by atoms with Gasteiger partial charge in [0.05, 0.1) is 5.02 Å². The SMILES string of the molecule is C=C(C(C)C)[C@H](CN)c1ccc(Cl)c(F)c1. The average Bonchev–Trinajstić information content (AvgIpc) is 2.24. The highest BCUT2D eigenvalue weighted by atomic mass is 35.5. The van der Waals surface area contributed by atoms with Crippen LogP contribution in [0.25, 0.3) is 0 Å². The molecule has 0 aliphatic carbocycles. The van der Waals surface area contributed by atoms with E-state index in [9.17, 15) is 4.39 Å². The van der Waals surface area contributed by atoms with E-state index in [1.165, 1.54) is 6.07 Å². The normalized spacial score (nSPS) is 12.9. The van der Waals surface area contributed by atoms with Gasteiger partial charge in [-0.1, -0.05) is 43.7 Å². The van der Waals surface area contributed by atoms with E-state index in [1.54, 1.807) is 12.1 Å². The maximum atomic E-state index is 13.3. The van der Waals surface area contributed by atoms with E-state index in [0.29, 0.717) is 12.5 Å². The number of hydrogen-bond acceptors (Lipinski definition) is 1. The molecule has 1 aromatic carbocycles. The van der Waals surface area contributed by atoms with Crippen molar-refractivity contribution in [3.05, 3.63) is 46.8 Å². The van der Waals surface area contributed by atoms with Crippen molar-refractivity contribution < 1.29 is 4.39 Å². The van der Waals surface area contributed by atoms with Crippen LogP contribution in [0.3, 0.4) is 0 Å². The van der Waals surface area contributed by atoms with Crippen LogP contribution in [0.4, 0.5) is 4.39 Å². The minimum atomic E-state index is -0.408. The lowest BCUT2D eigenvalue weighted by Crippen LogP contribution is -2.17. The van der Waals surface area contributed by atoms with Crippen LogP contribution in [0.1, 0.15) is 25.3 Å². The van der Waals surface area contributed by atoms with Crippen molar-refractivity contribution in [1.29, 1.82) is 0 Å². The lowest BCUT2D eigenvalue weighted by molar-refractivity contribution is 0.616. The summed E-state index contributed by atoms with van der Waals surface area (Å²) in [6, 6.07) is 4.80. The molecule has 2 N–H and O–H groups in total. The van der Waals surface area contributed by atoms with Gasteiger partial charge in [0.15, 0.2) is 0 Å². The number of nitrogens with two attached hydrogens (primary N) is 1. The lowest BCUT2D eigenvalue weighted by atomic mass is 9.86. The second-order valence-electron chi connectivity index (χ2n) is 4.19. The van der Waals surface area contributed by atoms with E-state index in [-0.39, 0.29) is 10.9 Å². The molecule has 1 atom stereocenters. The minimum Gasteiger partial charge on any atom is -0.330 e. The lowest BCUT2D eigenvalue weighted by Gasteiger charge is -2.21. The molecule has 0 aromatic heterocycles. The molecule has 0 unspecified atom stereocenters. The van der Waals surface area contributed by atoms with Crippen LogP contribution in [0.5, 0.6) is 0 Å². The summed E-state index contributed by atoms with van der Waals surface area (Å²) >= 11 is 5.64. The second-order valence-corrected chi connectivity index (χ2v) is 4.60. The standard InChI is InChI=1S/C13H17ClFN/c1-8(2)9(3)11(7-16)10-4-5-12(14)13(15)6-10/h4-6,8,11H,3,7,16H2,1-2H3/t11-/m0/s1. The molecule has 0 fully saturated rings. The van der Waals surface area contributed by atoms with Crippen LogP contribution in [-0.2, 0) is 0 Å². The van der Waals surface area contributed by atoms with E-state index < -0.39 is 5.82 Å². The van der Waals surface area contributed by atoms with Crippen molar-refractivity contribution in [3.63, 3.8) is 0 Å². The molecule has 0 aliphatic rings. The summed E-state index contributed by atoms with van der Waals surface area (Å²) in [5, 5.41) is 0.134. The van der Waals surface area contributed by atoms with Gasteiger partial charge in [-0.3, -0.25) is 0 Å². The number of hydrogen-bond donors (Lipinski definition) is 1. The van der Waals surface area contributed by atoms with Gasteiger partial charge in [-0.15, -0.1) is 0 Å². The average molecular weight is 242 g/mol. The molecule has 0 aliphatic heterocycles. The Hall–Kier alpha value is -0.860. The highest BCUT2D eigenvalue weighted by molar-refractivity contribution is 6.30. The van der Waals surface area contributed by atoms with Crippen LogP contribution in [0.2, 0.25) is 5.02 Å². The van der Waals surface area contributed by atoms with Gasteiger partial charge in [0, 0.05) is 12.5 Å². The molecule has 0 amide bonds. The Kier molecular flexibility index (Phi) is 4.51. The fourth-order valence-corrected chi connectivity index (χ4v) is 1.75. The molecule has 1 aromatic rings. The molecular formula is C13H17ClFN. The molecule has 0 saturated carbocycles. The molecule has 16 heavy (non-hydrogen) atoms. The molecule has 0 saturated heterocycles. The summed E-state index contributed by atoms with van der Waals surface area (Å²) < 4.78 is 13.3. The summed E-state index contributed by atoms with van der Waals surface area (Å²) in [5.41, 5.74) is 7.57. The number of rotatable bonds is 4. The van der Waals surface area contributed by atoms with Gasteiger partial charge in [-0.2, -0.15) is 0 Å². The maximum Gasteiger partial charge on any atom is 0.142 e. The zero-order valence-corrected chi connectivity index (χ0v) is 10.4. The van der Waals surface area contributed by atoms with Crippen LogP contribution >= 0.6 is 11.6 Å². The summed E-state index contributed by atoms with van der Waals surface area (Å²) in [6.45, 7) is 8.55. The maximum absolute atomic E-state index is 13.3. The van der Waals surface area contributed by atoms with E-state index in [1.807, 2.05) is 0 Å². The topological polar surface area (TPSA) is 26.0 Å². The molecular weight excluding hydrogens is 225 g/mol. The highest BCUT2D eigenvalue weighted by Crippen LogP contribution is 2.29. The summed E-state index contributed by atoms with van der Waals surface area (Å²) in [6.07, 6.45) is 0. The summed E-state index contributed by atoms with van der Waals surface area (Å²) in [4.78, 5) is 0. The molecule has 0 heterocycles. The third kappa shape index (κ3) is 2.83. The number of benzene rings is 1. The Morgan fingerprint density at radius 3 is 2.56 bits per heavy atom. The predicted octanol–water partition coefficient (Wildman–Crippen LogP) is 3.73. The first-order valence-corrected chi connectivity index (χ1v) is 5.68. The van der Waals surface area contributed by atoms with Gasteiger partial charge in [-0.25, -0.2) is 4.39 Å². The fraction of sp³-hybridized carbons (Fsp3) is 0.385. The van der Waals surface area contributed by atoms with Gasteiger partial charge in [-0.05, 0) is 23.6 Å². The number of halogens is 2. The van der Waals surface area contributed by atoms with E-state index in [0.717, 1.165) is 11.1 Å². The first-order chi connectivity index (χ1) is 7.47. The van der Waals surface area contributed by atoms with Gasteiger partial charge >= 0.3 is 0 Å². The zero-order chi connectivity index (χ0) is 12.3. The smallest absolute Gasteiger partial charge is 0.142 e. The molecule has 1 rings (SSSR count). The quantitative estimate of drug-likeness (QED) is 0.799. The first kappa shape index (κ1) is 13.2. The predicted molar refractivity (Wildman–Crippen MR) is 67.2 cm³/mol. The fourth-order valence-electron chi connectivity index (χ4n) is 1.63. The van der Waals surface area contributed by atoms with Crippen molar-refractivity contribution in [2.45, 2.75) is 19.8 Å². The Labute approximate surface area is 101 Å². The Morgan fingerprint density at radius 2 is 2.12 bits per heavy atom. The van der Waals surface area contributed by atoms with E-state index in [2.05, 4.69) is 20.4 Å². The van der Waals surface area contributed by atoms with Crippen LogP contribution in [0, 0.1) is 11.7 Å². The monoisotopic (exact) mass is 241 g/mol. The summed E-state index contributed by atoms with van der Waals surface area (Å²) in [5.74, 6) is -0.0896. The highest BCUT2D eigenvalue weighted by Gasteiger charge is 2.17. The largest absolute Gasteiger partial charge is 0.330 e. The molecule has 0 radical (unpaired) electrons. The molecule has 88 valence electrons. The van der Waals surface area contributed by atoms with Crippen LogP contribution in [-0.4, -0.2) is 6.54 Å². The second kappa shape index (κ2) is 5.46. The van der Waals surface area contributed by atoms with Crippen LogP contribution < -0.4 is 5.73 Å². The van der Waals surface area contributed by atoms with Gasteiger partial charge in [0.25, 0.3) is 0 Å². The zero-order valence-electron chi connectivity index (χ0n) is 9.63. The minimum absolute atomic E-state index is 0.00762. The molecule has 3 heteroatoms. The van der Waals surface area contributed by atoms with Crippen molar-refractivity contribution in [3.8, 4) is 0 Å². The molecule has 0 bridgehead atoms. The Balaban J connectivity index is 3.04. The Morgan fingerprint density at radius 1 is 1.50 bits per heavy atom. The van der Waals surface area contributed by atoms with E-state index in [4.69, 9.17) is 17.3 Å². The van der Waals surface area contributed by atoms with Crippen molar-refractivity contribution in [2.24, 2.45) is 11.7 Å². The first-order valence-electron chi connectivity index (χ1n) is 5.31. The van der Waals surface area contributed by atoms with Gasteiger partial charge < -0.3 is 5.73 Å². The van der Waals surface area contributed by atoms with Gasteiger partial charge in [0.2, 0.25) is 0 Å². The van der Waals surface area contributed by atoms with Crippen molar-refractivity contribution >= 4 is 11.6 Å². The molecule has 0 spiro atoms. The molecule has 1 nitrogen and oxygen atoms in total. The Bertz CT molecular complexity index is 388. The third-order valence-corrected chi connectivity index (χ3v) is 3.08. The van der Waals surface area contributed by atoms with Crippen LogP contribution in [0.15, 0.2) is 30.4 Å². The van der Waals surface area contributed by atoms with Crippen molar-refractivity contribution in [2.75, 3.05) is 6.54 Å². The third-order valence-electron chi connectivity index (χ3n) is 2.77. The summed E-state index contributed by atoms with van der Waals surface area (Å²) in [7, 11) is 0.